The van der Waals surface area contributed by atoms with Gasteiger partial charge in [-0.3, -0.25) is 4.79 Å². The molecule has 1 amide bonds. The molecule has 0 aliphatic rings. The van der Waals surface area contributed by atoms with Gasteiger partial charge in [0, 0.05) is 20.0 Å². The first-order valence-electron chi connectivity index (χ1n) is 6.10. The molecular weight excluding hydrogens is 331 g/mol. The molecule has 1 aromatic carbocycles. The fourth-order valence-corrected chi connectivity index (χ4v) is 1.96. The van der Waals surface area contributed by atoms with E-state index in [0.717, 1.165) is 0 Å². The average molecular weight is 347 g/mol. The molecule has 120 valence electrons. The first kappa shape index (κ1) is 18.1. The number of nitrogens with zero attached hydrogens (tertiary/aromatic N) is 3. The zero-order chi connectivity index (χ0) is 15.6. The number of rotatable bonds is 4. The summed E-state index contributed by atoms with van der Waals surface area (Å²) in [6.45, 7) is 1.89. The highest BCUT2D eigenvalue weighted by atomic mass is 35.5. The predicted octanol–water partition coefficient (Wildman–Crippen LogP) is 2.32. The van der Waals surface area contributed by atoms with Crippen LogP contribution >= 0.6 is 24.0 Å². The number of aromatic nitrogens is 2. The summed E-state index contributed by atoms with van der Waals surface area (Å²) in [5.41, 5.74) is 6.37. The van der Waals surface area contributed by atoms with Gasteiger partial charge in [-0.1, -0.05) is 16.8 Å². The van der Waals surface area contributed by atoms with E-state index in [1.54, 1.807) is 14.0 Å². The lowest BCUT2D eigenvalue weighted by Crippen LogP contribution is -2.27. The van der Waals surface area contributed by atoms with Gasteiger partial charge in [0.15, 0.2) is 5.82 Å². The maximum atomic E-state index is 12.5. The number of aryl methyl sites for hydroxylation is 1. The van der Waals surface area contributed by atoms with Crippen molar-refractivity contribution in [1.29, 1.82) is 0 Å². The maximum Gasteiger partial charge on any atom is 0.257 e. The number of nitrogens with two attached hydrogens (primary N) is 1. The van der Waals surface area contributed by atoms with E-state index in [-0.39, 0.29) is 24.9 Å². The number of benzene rings is 1. The molecule has 0 spiro atoms. The van der Waals surface area contributed by atoms with E-state index in [9.17, 15) is 4.79 Å². The summed E-state index contributed by atoms with van der Waals surface area (Å²) in [5.74, 6) is 0.942. The van der Waals surface area contributed by atoms with Crippen LogP contribution in [0, 0.1) is 6.92 Å². The molecule has 0 aliphatic carbocycles. The number of hydrogen-bond donors (Lipinski definition) is 1. The van der Waals surface area contributed by atoms with Crippen LogP contribution in [0.1, 0.15) is 22.1 Å². The van der Waals surface area contributed by atoms with Crippen molar-refractivity contribution in [2.24, 2.45) is 0 Å². The van der Waals surface area contributed by atoms with Crippen LogP contribution in [0.25, 0.3) is 0 Å². The van der Waals surface area contributed by atoms with Crippen LogP contribution in [0.4, 0.5) is 5.69 Å². The standard InChI is InChI=1S/C13H15ClN4O3.ClH/c1-7-16-12(17-21-7)6-18(2)13(19)8-4-9(14)10(15)5-11(8)20-3;/h4-5H,6,15H2,1-3H3;1H. The molecule has 1 aromatic heterocycles. The van der Waals surface area contributed by atoms with Gasteiger partial charge < -0.3 is 19.9 Å². The third-order valence-electron chi connectivity index (χ3n) is 2.84. The van der Waals surface area contributed by atoms with E-state index >= 15 is 0 Å². The Hall–Kier alpha value is -1.99. The van der Waals surface area contributed by atoms with E-state index < -0.39 is 0 Å². The number of amides is 1. The Bertz CT molecular complexity index is 675. The Morgan fingerprint density at radius 3 is 2.73 bits per heavy atom. The summed E-state index contributed by atoms with van der Waals surface area (Å²) < 4.78 is 10.0. The molecule has 0 fully saturated rings. The van der Waals surface area contributed by atoms with Gasteiger partial charge in [-0.05, 0) is 6.07 Å². The first-order valence-corrected chi connectivity index (χ1v) is 6.47. The number of anilines is 1. The van der Waals surface area contributed by atoms with Crippen LogP contribution in [-0.4, -0.2) is 35.1 Å². The van der Waals surface area contributed by atoms with Crippen LogP contribution in [0.5, 0.6) is 5.75 Å². The molecule has 1 heterocycles. The Morgan fingerprint density at radius 1 is 1.50 bits per heavy atom. The molecule has 2 N–H and O–H groups in total. The third kappa shape index (κ3) is 3.80. The van der Waals surface area contributed by atoms with Crippen molar-refractivity contribution in [3.05, 3.63) is 34.4 Å². The predicted molar refractivity (Wildman–Crippen MR) is 84.5 cm³/mol. The zero-order valence-corrected chi connectivity index (χ0v) is 13.9. The van der Waals surface area contributed by atoms with Crippen LogP contribution in [-0.2, 0) is 6.54 Å². The summed E-state index contributed by atoms with van der Waals surface area (Å²) in [6, 6.07) is 3.00. The zero-order valence-electron chi connectivity index (χ0n) is 12.3. The van der Waals surface area contributed by atoms with Gasteiger partial charge >= 0.3 is 0 Å². The smallest absolute Gasteiger partial charge is 0.257 e. The lowest BCUT2D eigenvalue weighted by atomic mass is 10.1. The van der Waals surface area contributed by atoms with Gasteiger partial charge in [0.1, 0.15) is 5.75 Å². The minimum absolute atomic E-state index is 0. The van der Waals surface area contributed by atoms with Gasteiger partial charge in [0.25, 0.3) is 5.91 Å². The highest BCUT2D eigenvalue weighted by Crippen LogP contribution is 2.29. The summed E-state index contributed by atoms with van der Waals surface area (Å²) in [6.07, 6.45) is 0. The molecule has 0 saturated heterocycles. The molecule has 0 saturated carbocycles. The van der Waals surface area contributed by atoms with Crippen molar-refractivity contribution in [3.8, 4) is 5.75 Å². The molecule has 7 nitrogen and oxygen atoms in total. The molecule has 2 aromatic rings. The minimum atomic E-state index is -0.281. The third-order valence-corrected chi connectivity index (χ3v) is 3.17. The Morgan fingerprint density at radius 2 is 2.18 bits per heavy atom. The fraction of sp³-hybridized carbons (Fsp3) is 0.308. The monoisotopic (exact) mass is 346 g/mol. The molecule has 9 heteroatoms. The number of methoxy groups -OCH3 is 1. The number of carbonyl (C=O) groups is 1. The van der Waals surface area contributed by atoms with Gasteiger partial charge in [0.2, 0.25) is 5.89 Å². The Balaban J connectivity index is 0.00000242. The normalized spacial score (nSPS) is 10.0. The Labute approximate surface area is 138 Å². The van der Waals surface area contributed by atoms with Crippen LogP contribution in [0.2, 0.25) is 5.02 Å². The van der Waals surface area contributed by atoms with Crippen molar-refractivity contribution < 1.29 is 14.1 Å². The highest BCUT2D eigenvalue weighted by molar-refractivity contribution is 6.33. The summed E-state index contributed by atoms with van der Waals surface area (Å²) in [4.78, 5) is 18.0. The quantitative estimate of drug-likeness (QED) is 0.853. The number of nitrogen functional groups attached to an aromatic ring is 1. The van der Waals surface area contributed by atoms with Crippen LogP contribution < -0.4 is 10.5 Å². The fourth-order valence-electron chi connectivity index (χ4n) is 1.80. The number of carbonyl (C=O) groups excluding carboxylic acids is 1. The number of halogens is 2. The molecular formula is C13H16Cl2N4O3. The number of ether oxygens (including phenoxy) is 1. The average Bonchev–Trinajstić information content (AvgIpc) is 2.85. The van der Waals surface area contributed by atoms with Gasteiger partial charge in [-0.2, -0.15) is 4.98 Å². The molecule has 2 rings (SSSR count). The summed E-state index contributed by atoms with van der Waals surface area (Å²) in [5, 5.41) is 4.04. The molecule has 0 aliphatic heterocycles. The van der Waals surface area contributed by atoms with Crippen molar-refractivity contribution in [1.82, 2.24) is 15.0 Å². The minimum Gasteiger partial charge on any atom is -0.496 e. The van der Waals surface area contributed by atoms with Gasteiger partial charge in [0.05, 0.1) is 29.9 Å². The highest BCUT2D eigenvalue weighted by Gasteiger charge is 2.20. The van der Waals surface area contributed by atoms with Gasteiger partial charge in [-0.25, -0.2) is 0 Å². The van der Waals surface area contributed by atoms with Crippen molar-refractivity contribution >= 4 is 35.6 Å². The molecule has 0 unspecified atom stereocenters. The second-order valence-corrected chi connectivity index (χ2v) is 4.87. The molecule has 0 atom stereocenters. The SMILES string of the molecule is COc1cc(N)c(Cl)cc1C(=O)N(C)Cc1noc(C)n1.Cl. The van der Waals surface area contributed by atoms with Crippen LogP contribution in [0.15, 0.2) is 16.7 Å². The second kappa shape index (κ2) is 7.33. The van der Waals surface area contributed by atoms with Gasteiger partial charge in [-0.15, -0.1) is 12.4 Å². The lowest BCUT2D eigenvalue weighted by Gasteiger charge is -2.17. The van der Waals surface area contributed by atoms with Crippen molar-refractivity contribution in [2.75, 3.05) is 19.9 Å². The van der Waals surface area contributed by atoms with E-state index in [1.165, 1.54) is 24.1 Å². The topological polar surface area (TPSA) is 94.5 Å². The first-order chi connectivity index (χ1) is 9.92. The lowest BCUT2D eigenvalue weighted by molar-refractivity contribution is 0.0777. The largest absolute Gasteiger partial charge is 0.496 e. The Kier molecular flexibility index (Phi) is 6.01. The van der Waals surface area contributed by atoms with E-state index in [1.807, 2.05) is 0 Å². The van der Waals surface area contributed by atoms with Crippen molar-refractivity contribution in [3.63, 3.8) is 0 Å². The second-order valence-electron chi connectivity index (χ2n) is 4.46. The maximum absolute atomic E-state index is 12.5. The van der Waals surface area contributed by atoms with Crippen LogP contribution in [0.3, 0.4) is 0 Å². The van der Waals surface area contributed by atoms with E-state index in [2.05, 4.69) is 10.1 Å². The summed E-state index contributed by atoms with van der Waals surface area (Å²) >= 11 is 5.96. The van der Waals surface area contributed by atoms with E-state index in [4.69, 9.17) is 26.6 Å². The molecule has 0 bridgehead atoms. The van der Waals surface area contributed by atoms with Crippen molar-refractivity contribution in [2.45, 2.75) is 13.5 Å². The van der Waals surface area contributed by atoms with E-state index in [0.29, 0.717) is 33.7 Å². The molecule has 22 heavy (non-hydrogen) atoms. The molecule has 0 radical (unpaired) electrons. The number of hydrogen-bond acceptors (Lipinski definition) is 6. The summed E-state index contributed by atoms with van der Waals surface area (Å²) in [7, 11) is 3.08.